The van der Waals surface area contributed by atoms with Gasteiger partial charge in [0.05, 0.1) is 6.04 Å². The smallest absolute Gasteiger partial charge is 0.354 e. The Morgan fingerprint density at radius 3 is 2.02 bits per heavy atom. The molecule has 1 spiro atoms. The van der Waals surface area contributed by atoms with Gasteiger partial charge in [-0.3, -0.25) is 4.90 Å². The van der Waals surface area contributed by atoms with Crippen molar-refractivity contribution in [3.05, 3.63) is 183 Å². The lowest BCUT2D eigenvalue weighted by Crippen LogP contribution is -2.45. The number of benzene rings is 5. The predicted octanol–water partition coefficient (Wildman–Crippen LogP) is 8.86. The van der Waals surface area contributed by atoms with Crippen LogP contribution in [-0.2, 0) is 20.2 Å². The van der Waals surface area contributed by atoms with Crippen molar-refractivity contribution in [1.29, 1.82) is 0 Å². The highest BCUT2D eigenvalue weighted by atomic mass is 16.7. The molecule has 0 radical (unpaired) electrons. The summed E-state index contributed by atoms with van der Waals surface area (Å²) in [6, 6.07) is 40.3. The molecule has 242 valence electrons. The van der Waals surface area contributed by atoms with E-state index < -0.39 is 23.2 Å². The van der Waals surface area contributed by atoms with E-state index >= 15 is 4.79 Å². The Kier molecular flexibility index (Phi) is 7.14. The zero-order chi connectivity index (χ0) is 33.9. The van der Waals surface area contributed by atoms with E-state index in [1.54, 1.807) is 0 Å². The molecule has 5 aromatic carbocycles. The van der Waals surface area contributed by atoms with Crippen LogP contribution in [0.4, 0.5) is 0 Å². The normalized spacial score (nSPS) is 23.4. The van der Waals surface area contributed by atoms with E-state index in [0.717, 1.165) is 50.1 Å². The lowest BCUT2D eigenvalue weighted by atomic mass is 9.66. The molecule has 49 heavy (non-hydrogen) atoms. The third kappa shape index (κ3) is 4.51. The van der Waals surface area contributed by atoms with Gasteiger partial charge < -0.3 is 9.68 Å². The summed E-state index contributed by atoms with van der Waals surface area (Å²) in [5, 5.41) is 9.62. The Morgan fingerprint density at radius 2 is 1.35 bits per heavy atom. The molecule has 0 aromatic heterocycles. The summed E-state index contributed by atoms with van der Waals surface area (Å²) < 4.78 is 0. The number of carbonyl (C=O) groups excluding carboxylic acids is 1. The zero-order valence-electron chi connectivity index (χ0n) is 28.3. The number of rotatable bonds is 5. The summed E-state index contributed by atoms with van der Waals surface area (Å²) in [5.74, 6) is 0.200. The van der Waals surface area contributed by atoms with E-state index in [1.165, 1.54) is 5.56 Å². The lowest BCUT2D eigenvalue weighted by Gasteiger charge is -2.36. The van der Waals surface area contributed by atoms with Crippen LogP contribution in [0.25, 0.3) is 6.08 Å². The average Bonchev–Trinajstić information content (AvgIpc) is 3.71. The van der Waals surface area contributed by atoms with Crippen LogP contribution in [0.5, 0.6) is 0 Å². The average molecular weight is 644 g/mol. The van der Waals surface area contributed by atoms with E-state index in [4.69, 9.17) is 14.8 Å². The topological polar surface area (TPSA) is 63.5 Å². The quantitative estimate of drug-likeness (QED) is 0.180. The standard InChI is InChI=1S/C43H37N3O3/c1-27-14-12-16-32(24-27)26-36-42(38(44-48-41(42)47)33-17-8-6-9-18-33)39(34-19-13-15-28(2)25-34)46-40(37-30(4)22-29(3)23-31(37)5)45-49-43(36,46)35-20-10-7-11-21-35/h6-26,39H,1-5H3/b36-26+/t39-,42+,43+/m1/s1. The molecule has 0 unspecified atom stereocenters. The Hall–Kier alpha value is -5.75. The van der Waals surface area contributed by atoms with Crippen LogP contribution in [-0.4, -0.2) is 22.4 Å². The molecule has 0 N–H and O–H groups in total. The first-order chi connectivity index (χ1) is 23.7. The van der Waals surface area contributed by atoms with Crippen molar-refractivity contribution in [2.45, 2.75) is 46.4 Å². The molecule has 3 heterocycles. The van der Waals surface area contributed by atoms with Gasteiger partial charge in [0.1, 0.15) is 5.71 Å². The second-order valence-corrected chi connectivity index (χ2v) is 13.4. The maximum Gasteiger partial charge on any atom is 0.354 e. The zero-order valence-corrected chi connectivity index (χ0v) is 28.3. The Labute approximate surface area is 287 Å². The van der Waals surface area contributed by atoms with Gasteiger partial charge in [0, 0.05) is 22.3 Å². The van der Waals surface area contributed by atoms with Gasteiger partial charge in [-0.1, -0.05) is 148 Å². The second-order valence-electron chi connectivity index (χ2n) is 13.4. The second kappa shape index (κ2) is 11.4. The molecule has 0 amide bonds. The van der Waals surface area contributed by atoms with Crippen LogP contribution < -0.4 is 0 Å². The minimum absolute atomic E-state index is 0.457. The van der Waals surface area contributed by atoms with Crippen molar-refractivity contribution < 1.29 is 14.5 Å². The van der Waals surface area contributed by atoms with Crippen molar-refractivity contribution >= 4 is 23.6 Å². The SMILES string of the molecule is Cc1cccc(/C=C2\[C@@]3(C(=O)ON=C3c3ccccc3)[C@@H](c3cccc(C)c3)N3C(c4c(C)cc(C)cc4C)=NO[C@@]23c2ccccc2)c1. The summed E-state index contributed by atoms with van der Waals surface area (Å²) in [7, 11) is 0. The third-order valence-electron chi connectivity index (χ3n) is 10.0. The fourth-order valence-corrected chi connectivity index (χ4v) is 8.21. The van der Waals surface area contributed by atoms with Crippen LogP contribution in [0.2, 0.25) is 0 Å². The molecule has 1 fully saturated rings. The molecular weight excluding hydrogens is 606 g/mol. The number of amidine groups is 1. The van der Waals surface area contributed by atoms with Crippen LogP contribution in [0.3, 0.4) is 0 Å². The summed E-state index contributed by atoms with van der Waals surface area (Å²) in [6.07, 6.45) is 2.10. The number of hydrogen-bond donors (Lipinski definition) is 0. The van der Waals surface area contributed by atoms with Crippen molar-refractivity contribution in [3.8, 4) is 0 Å². The Bertz CT molecular complexity index is 2200. The van der Waals surface area contributed by atoms with Gasteiger partial charge in [-0.05, 0) is 62.9 Å². The fourth-order valence-electron chi connectivity index (χ4n) is 8.21. The van der Waals surface area contributed by atoms with E-state index in [-0.39, 0.29) is 0 Å². The number of aryl methyl sites for hydroxylation is 5. The minimum Gasteiger partial charge on any atom is -0.355 e. The van der Waals surface area contributed by atoms with E-state index in [1.807, 2.05) is 60.7 Å². The minimum atomic E-state index is -1.43. The first kappa shape index (κ1) is 30.6. The van der Waals surface area contributed by atoms with E-state index in [2.05, 4.69) is 111 Å². The van der Waals surface area contributed by atoms with Crippen LogP contribution in [0.1, 0.15) is 61.7 Å². The monoisotopic (exact) mass is 643 g/mol. The van der Waals surface area contributed by atoms with Gasteiger partial charge >= 0.3 is 5.97 Å². The summed E-state index contributed by atoms with van der Waals surface area (Å²) in [6.45, 7) is 10.5. The molecule has 5 aromatic rings. The molecule has 3 aliphatic rings. The van der Waals surface area contributed by atoms with E-state index in [9.17, 15) is 0 Å². The molecule has 6 heteroatoms. The largest absolute Gasteiger partial charge is 0.355 e. The van der Waals surface area contributed by atoms with Gasteiger partial charge in [0.25, 0.3) is 5.72 Å². The number of nitrogens with zero attached hydrogens (tertiary/aromatic N) is 3. The van der Waals surface area contributed by atoms with E-state index in [0.29, 0.717) is 17.1 Å². The highest BCUT2D eigenvalue weighted by Gasteiger charge is 2.76. The number of fused-ring (bicyclic) bond motifs is 1. The molecule has 8 rings (SSSR count). The predicted molar refractivity (Wildman–Crippen MR) is 193 cm³/mol. The molecule has 1 saturated heterocycles. The van der Waals surface area contributed by atoms with Crippen molar-refractivity contribution in [2.24, 2.45) is 15.7 Å². The van der Waals surface area contributed by atoms with Gasteiger partial charge in [-0.25, -0.2) is 4.79 Å². The van der Waals surface area contributed by atoms with Crippen LogP contribution in [0, 0.1) is 40.0 Å². The highest BCUT2D eigenvalue weighted by Crippen LogP contribution is 2.67. The van der Waals surface area contributed by atoms with Gasteiger partial charge in [0.15, 0.2) is 11.3 Å². The van der Waals surface area contributed by atoms with Crippen molar-refractivity contribution in [1.82, 2.24) is 4.90 Å². The molecule has 0 bridgehead atoms. The number of carbonyl (C=O) groups is 1. The molecule has 0 saturated carbocycles. The first-order valence-corrected chi connectivity index (χ1v) is 16.7. The van der Waals surface area contributed by atoms with Crippen molar-refractivity contribution in [2.75, 3.05) is 0 Å². The molecule has 0 aliphatic carbocycles. The van der Waals surface area contributed by atoms with Gasteiger partial charge in [-0.2, -0.15) is 0 Å². The fraction of sp³-hybridized carbons (Fsp3) is 0.186. The maximum absolute atomic E-state index is 15.0. The Morgan fingerprint density at radius 1 is 0.694 bits per heavy atom. The summed E-state index contributed by atoms with van der Waals surface area (Å²) >= 11 is 0. The molecule has 3 aliphatic heterocycles. The number of hydrogen-bond acceptors (Lipinski definition) is 6. The molecule has 6 nitrogen and oxygen atoms in total. The third-order valence-corrected chi connectivity index (χ3v) is 10.0. The first-order valence-electron chi connectivity index (χ1n) is 16.7. The highest BCUT2D eigenvalue weighted by molar-refractivity contribution is 6.23. The van der Waals surface area contributed by atoms with Gasteiger partial charge in [0.2, 0.25) is 0 Å². The van der Waals surface area contributed by atoms with Crippen LogP contribution >= 0.6 is 0 Å². The number of oxime groups is 2. The molecule has 3 atom stereocenters. The summed E-state index contributed by atoms with van der Waals surface area (Å²) in [4.78, 5) is 30.1. The van der Waals surface area contributed by atoms with Crippen LogP contribution in [0.15, 0.2) is 137 Å². The Balaban J connectivity index is 1.55. The maximum atomic E-state index is 15.0. The van der Waals surface area contributed by atoms with Gasteiger partial charge in [-0.15, -0.1) is 0 Å². The van der Waals surface area contributed by atoms with Crippen molar-refractivity contribution in [3.63, 3.8) is 0 Å². The molecular formula is C43H37N3O3. The lowest BCUT2D eigenvalue weighted by molar-refractivity contribution is -0.147. The summed E-state index contributed by atoms with van der Waals surface area (Å²) in [5.41, 5.74) is 8.41.